The summed E-state index contributed by atoms with van der Waals surface area (Å²) in [5.41, 5.74) is 0.824. The third-order valence-electron chi connectivity index (χ3n) is 3.83. The number of benzene rings is 1. The molecule has 18 heavy (non-hydrogen) atoms. The van der Waals surface area contributed by atoms with E-state index in [0.29, 0.717) is 6.42 Å². The first-order valence-corrected chi connectivity index (χ1v) is 6.69. The van der Waals surface area contributed by atoms with Crippen molar-refractivity contribution < 1.29 is 14.9 Å². The van der Waals surface area contributed by atoms with Crippen molar-refractivity contribution in [3.8, 4) is 5.75 Å². The number of hydrogen-bond donors (Lipinski definition) is 2. The van der Waals surface area contributed by atoms with E-state index in [9.17, 15) is 10.2 Å². The molecular formula is C15H22O3. The zero-order chi connectivity index (χ0) is 13.0. The van der Waals surface area contributed by atoms with Gasteiger partial charge in [0, 0.05) is 11.8 Å². The van der Waals surface area contributed by atoms with Crippen molar-refractivity contribution in [3.05, 3.63) is 29.8 Å². The minimum atomic E-state index is -0.401. The monoisotopic (exact) mass is 250 g/mol. The SMILES string of the molecule is CCCC(CO)(CO)CC1Cc2ccccc2O1. The molecule has 3 nitrogen and oxygen atoms in total. The van der Waals surface area contributed by atoms with Crippen molar-refractivity contribution in [1.29, 1.82) is 0 Å². The second kappa shape index (κ2) is 5.72. The van der Waals surface area contributed by atoms with E-state index in [1.165, 1.54) is 5.56 Å². The lowest BCUT2D eigenvalue weighted by atomic mass is 9.79. The number of hydrogen-bond acceptors (Lipinski definition) is 3. The Bertz CT molecular complexity index is 360. The quantitative estimate of drug-likeness (QED) is 0.813. The predicted octanol–water partition coefficient (Wildman–Crippen LogP) is 2.15. The molecule has 0 saturated heterocycles. The van der Waals surface area contributed by atoms with Gasteiger partial charge >= 0.3 is 0 Å². The fourth-order valence-electron chi connectivity index (χ4n) is 2.82. The minimum absolute atomic E-state index is 0.0214. The summed E-state index contributed by atoms with van der Waals surface area (Å²) in [6.45, 7) is 2.12. The average molecular weight is 250 g/mol. The van der Waals surface area contributed by atoms with Crippen LogP contribution >= 0.6 is 0 Å². The van der Waals surface area contributed by atoms with Crippen molar-refractivity contribution in [3.63, 3.8) is 0 Å². The van der Waals surface area contributed by atoms with Crippen LogP contribution in [0, 0.1) is 5.41 Å². The number of aliphatic hydroxyl groups is 2. The molecule has 1 aromatic carbocycles. The zero-order valence-electron chi connectivity index (χ0n) is 10.9. The van der Waals surface area contributed by atoms with E-state index in [4.69, 9.17) is 4.74 Å². The largest absolute Gasteiger partial charge is 0.490 e. The van der Waals surface area contributed by atoms with Gasteiger partial charge in [0.2, 0.25) is 0 Å². The molecule has 2 N–H and O–H groups in total. The summed E-state index contributed by atoms with van der Waals surface area (Å²) in [5.74, 6) is 0.948. The maximum atomic E-state index is 9.57. The number of fused-ring (bicyclic) bond motifs is 1. The van der Waals surface area contributed by atoms with Gasteiger partial charge in [-0.15, -0.1) is 0 Å². The normalized spacial score (nSPS) is 18.5. The van der Waals surface area contributed by atoms with E-state index < -0.39 is 5.41 Å². The van der Waals surface area contributed by atoms with Crippen LogP contribution < -0.4 is 4.74 Å². The summed E-state index contributed by atoms with van der Waals surface area (Å²) in [4.78, 5) is 0. The molecule has 3 heteroatoms. The maximum absolute atomic E-state index is 9.57. The molecule has 0 spiro atoms. The molecule has 2 rings (SSSR count). The Morgan fingerprint density at radius 3 is 2.61 bits per heavy atom. The van der Waals surface area contributed by atoms with Crippen LogP contribution in [0.3, 0.4) is 0 Å². The summed E-state index contributed by atoms with van der Waals surface area (Å²) in [5, 5.41) is 19.1. The average Bonchev–Trinajstić information content (AvgIpc) is 2.80. The van der Waals surface area contributed by atoms with Crippen LogP contribution in [0.4, 0.5) is 0 Å². The molecule has 1 atom stereocenters. The summed E-state index contributed by atoms with van der Waals surface area (Å²) < 4.78 is 5.89. The van der Waals surface area contributed by atoms with Crippen LogP contribution in [0.5, 0.6) is 5.75 Å². The van der Waals surface area contributed by atoms with E-state index in [1.54, 1.807) is 0 Å². The lowest BCUT2D eigenvalue weighted by Gasteiger charge is -2.31. The Morgan fingerprint density at radius 2 is 2.00 bits per heavy atom. The predicted molar refractivity (Wildman–Crippen MR) is 70.7 cm³/mol. The Balaban J connectivity index is 2.03. The van der Waals surface area contributed by atoms with Gasteiger partial charge in [-0.1, -0.05) is 31.5 Å². The van der Waals surface area contributed by atoms with Gasteiger partial charge in [0.25, 0.3) is 0 Å². The van der Waals surface area contributed by atoms with Crippen molar-refractivity contribution in [1.82, 2.24) is 0 Å². The highest BCUT2D eigenvalue weighted by Gasteiger charge is 2.34. The van der Waals surface area contributed by atoms with Gasteiger partial charge in [-0.2, -0.15) is 0 Å². The smallest absolute Gasteiger partial charge is 0.123 e. The van der Waals surface area contributed by atoms with Crippen molar-refractivity contribution in [2.75, 3.05) is 13.2 Å². The molecule has 1 aliphatic heterocycles. The third kappa shape index (κ3) is 2.68. The summed E-state index contributed by atoms with van der Waals surface area (Å²) in [7, 11) is 0. The second-order valence-electron chi connectivity index (χ2n) is 5.32. The fraction of sp³-hybridized carbons (Fsp3) is 0.600. The highest BCUT2D eigenvalue weighted by atomic mass is 16.5. The van der Waals surface area contributed by atoms with E-state index in [0.717, 1.165) is 25.0 Å². The molecule has 0 fully saturated rings. The van der Waals surface area contributed by atoms with E-state index >= 15 is 0 Å². The number of rotatable bonds is 6. The van der Waals surface area contributed by atoms with E-state index in [2.05, 4.69) is 13.0 Å². The molecule has 0 aromatic heterocycles. The van der Waals surface area contributed by atoms with Gasteiger partial charge in [0.05, 0.1) is 13.2 Å². The van der Waals surface area contributed by atoms with Crippen LogP contribution in [-0.2, 0) is 6.42 Å². The lowest BCUT2D eigenvalue weighted by molar-refractivity contribution is 0.0113. The number of para-hydroxylation sites is 1. The summed E-state index contributed by atoms with van der Waals surface area (Å²) in [6.07, 6.45) is 3.45. The Hall–Kier alpha value is -1.06. The minimum Gasteiger partial charge on any atom is -0.490 e. The zero-order valence-corrected chi connectivity index (χ0v) is 10.9. The van der Waals surface area contributed by atoms with Crippen LogP contribution in [-0.4, -0.2) is 29.5 Å². The molecule has 1 unspecified atom stereocenters. The van der Waals surface area contributed by atoms with Gasteiger partial charge in [0.15, 0.2) is 0 Å². The molecule has 0 amide bonds. The van der Waals surface area contributed by atoms with Gasteiger partial charge in [-0.25, -0.2) is 0 Å². The van der Waals surface area contributed by atoms with E-state index in [-0.39, 0.29) is 19.3 Å². The highest BCUT2D eigenvalue weighted by molar-refractivity contribution is 5.37. The van der Waals surface area contributed by atoms with Crippen molar-refractivity contribution >= 4 is 0 Å². The molecule has 0 bridgehead atoms. The molecule has 0 saturated carbocycles. The van der Waals surface area contributed by atoms with Crippen LogP contribution in [0.25, 0.3) is 0 Å². The number of ether oxygens (including phenoxy) is 1. The Labute approximate surface area is 108 Å². The van der Waals surface area contributed by atoms with Gasteiger partial charge in [0.1, 0.15) is 11.9 Å². The van der Waals surface area contributed by atoms with Crippen molar-refractivity contribution in [2.45, 2.75) is 38.7 Å². The second-order valence-corrected chi connectivity index (χ2v) is 5.32. The Kier molecular flexibility index (Phi) is 4.25. The molecular weight excluding hydrogens is 228 g/mol. The van der Waals surface area contributed by atoms with E-state index in [1.807, 2.05) is 18.2 Å². The number of aliphatic hydroxyl groups excluding tert-OH is 2. The molecule has 100 valence electrons. The molecule has 0 radical (unpaired) electrons. The summed E-state index contributed by atoms with van der Waals surface area (Å²) in [6, 6.07) is 8.05. The van der Waals surface area contributed by atoms with Gasteiger partial charge < -0.3 is 14.9 Å². The fourth-order valence-corrected chi connectivity index (χ4v) is 2.82. The third-order valence-corrected chi connectivity index (χ3v) is 3.83. The molecule has 1 aromatic rings. The first-order chi connectivity index (χ1) is 8.73. The van der Waals surface area contributed by atoms with Crippen LogP contribution in [0.15, 0.2) is 24.3 Å². The highest BCUT2D eigenvalue weighted by Crippen LogP contribution is 2.36. The standard InChI is InChI=1S/C15H22O3/c1-2-7-15(10-16,11-17)9-13-8-12-5-3-4-6-14(12)18-13/h3-6,13,16-17H,2,7-11H2,1H3. The van der Waals surface area contributed by atoms with Gasteiger partial charge in [-0.3, -0.25) is 0 Å². The lowest BCUT2D eigenvalue weighted by Crippen LogP contribution is -2.35. The van der Waals surface area contributed by atoms with Crippen LogP contribution in [0.2, 0.25) is 0 Å². The molecule has 1 aliphatic rings. The summed E-state index contributed by atoms with van der Waals surface area (Å²) >= 11 is 0. The maximum Gasteiger partial charge on any atom is 0.123 e. The Morgan fingerprint density at radius 1 is 1.28 bits per heavy atom. The van der Waals surface area contributed by atoms with Crippen molar-refractivity contribution in [2.24, 2.45) is 5.41 Å². The molecule has 1 heterocycles. The first-order valence-electron chi connectivity index (χ1n) is 6.69. The van der Waals surface area contributed by atoms with Gasteiger partial charge in [-0.05, 0) is 24.5 Å². The van der Waals surface area contributed by atoms with Crippen LogP contribution in [0.1, 0.15) is 31.7 Å². The topological polar surface area (TPSA) is 49.7 Å². The first kappa shape index (κ1) is 13.4. The molecule has 0 aliphatic carbocycles.